The Bertz CT molecular complexity index is 363. The number of halogens is 1. The third-order valence-corrected chi connectivity index (χ3v) is 2.71. The summed E-state index contributed by atoms with van der Waals surface area (Å²) in [6, 6.07) is 5.36. The van der Waals surface area contributed by atoms with Crippen LogP contribution in [0.2, 0.25) is 0 Å². The zero-order valence-corrected chi connectivity index (χ0v) is 11.0. The van der Waals surface area contributed by atoms with Crippen molar-refractivity contribution in [3.63, 3.8) is 0 Å². The van der Waals surface area contributed by atoms with Crippen LogP contribution in [-0.2, 0) is 4.74 Å². The minimum Gasteiger partial charge on any atom is -0.494 e. The standard InChI is InChI=1S/C12H15BrO3/c1-9-8-10(16-7-3-6-13)4-5-11(9)12(14)15-2/h4-5,8H,3,6-7H2,1-2H3. The van der Waals surface area contributed by atoms with E-state index in [9.17, 15) is 4.79 Å². The summed E-state index contributed by atoms with van der Waals surface area (Å²) in [7, 11) is 1.38. The predicted octanol–water partition coefficient (Wildman–Crippen LogP) is 2.95. The Kier molecular flexibility index (Phi) is 5.32. The Balaban J connectivity index is 2.71. The van der Waals surface area contributed by atoms with Gasteiger partial charge < -0.3 is 9.47 Å². The molecule has 0 radical (unpaired) electrons. The van der Waals surface area contributed by atoms with Crippen molar-refractivity contribution in [3.05, 3.63) is 29.3 Å². The number of ether oxygens (including phenoxy) is 2. The van der Waals surface area contributed by atoms with E-state index in [-0.39, 0.29) is 5.97 Å². The van der Waals surface area contributed by atoms with Crippen LogP contribution in [0.1, 0.15) is 22.3 Å². The molecule has 1 aromatic rings. The molecule has 0 unspecified atom stereocenters. The van der Waals surface area contributed by atoms with Gasteiger partial charge in [0.25, 0.3) is 0 Å². The highest BCUT2D eigenvalue weighted by Crippen LogP contribution is 2.18. The first-order valence-electron chi connectivity index (χ1n) is 5.06. The second kappa shape index (κ2) is 6.53. The highest BCUT2D eigenvalue weighted by Gasteiger charge is 2.09. The number of alkyl halides is 1. The van der Waals surface area contributed by atoms with E-state index in [1.54, 1.807) is 12.1 Å². The molecule has 3 nitrogen and oxygen atoms in total. The van der Waals surface area contributed by atoms with E-state index in [1.165, 1.54) is 7.11 Å². The topological polar surface area (TPSA) is 35.5 Å². The Morgan fingerprint density at radius 3 is 2.75 bits per heavy atom. The third-order valence-electron chi connectivity index (χ3n) is 2.15. The van der Waals surface area contributed by atoms with Crippen molar-refractivity contribution in [2.24, 2.45) is 0 Å². The molecule has 0 aliphatic rings. The van der Waals surface area contributed by atoms with E-state index < -0.39 is 0 Å². The van der Waals surface area contributed by atoms with Crippen molar-refractivity contribution in [2.45, 2.75) is 13.3 Å². The first kappa shape index (κ1) is 13.0. The molecule has 0 amide bonds. The molecule has 0 spiro atoms. The molecule has 1 rings (SSSR count). The first-order chi connectivity index (χ1) is 7.69. The molecule has 0 bridgehead atoms. The normalized spacial score (nSPS) is 9.94. The van der Waals surface area contributed by atoms with Crippen molar-refractivity contribution in [2.75, 3.05) is 19.0 Å². The van der Waals surface area contributed by atoms with Gasteiger partial charge in [-0.3, -0.25) is 0 Å². The van der Waals surface area contributed by atoms with Crippen LogP contribution in [0.5, 0.6) is 5.75 Å². The van der Waals surface area contributed by atoms with Gasteiger partial charge in [0, 0.05) is 5.33 Å². The smallest absolute Gasteiger partial charge is 0.338 e. The van der Waals surface area contributed by atoms with Crippen molar-refractivity contribution < 1.29 is 14.3 Å². The minimum absolute atomic E-state index is 0.315. The molecule has 0 saturated heterocycles. The number of hydrogen-bond acceptors (Lipinski definition) is 3. The predicted molar refractivity (Wildman–Crippen MR) is 66.4 cm³/mol. The summed E-state index contributed by atoms with van der Waals surface area (Å²) < 4.78 is 10.2. The number of carbonyl (C=O) groups excluding carboxylic acids is 1. The van der Waals surface area contributed by atoms with Crippen LogP contribution in [0.15, 0.2) is 18.2 Å². The Morgan fingerprint density at radius 2 is 2.19 bits per heavy atom. The molecular formula is C12H15BrO3. The van der Waals surface area contributed by atoms with Gasteiger partial charge in [0.2, 0.25) is 0 Å². The largest absolute Gasteiger partial charge is 0.494 e. The number of aryl methyl sites for hydroxylation is 1. The van der Waals surface area contributed by atoms with Crippen LogP contribution in [0.25, 0.3) is 0 Å². The fourth-order valence-electron chi connectivity index (χ4n) is 1.31. The average Bonchev–Trinajstić information content (AvgIpc) is 2.29. The summed E-state index contributed by atoms with van der Waals surface area (Å²) in [6.45, 7) is 2.53. The molecule has 0 heterocycles. The number of methoxy groups -OCH3 is 1. The quantitative estimate of drug-likeness (QED) is 0.474. The number of esters is 1. The van der Waals surface area contributed by atoms with E-state index in [0.717, 1.165) is 23.1 Å². The maximum atomic E-state index is 11.3. The third kappa shape index (κ3) is 3.52. The summed E-state index contributed by atoms with van der Waals surface area (Å²) in [5.74, 6) is 0.468. The van der Waals surface area contributed by atoms with Gasteiger partial charge in [-0.2, -0.15) is 0 Å². The zero-order chi connectivity index (χ0) is 12.0. The number of benzene rings is 1. The molecule has 88 valence electrons. The summed E-state index contributed by atoms with van der Waals surface area (Å²) >= 11 is 3.34. The van der Waals surface area contributed by atoms with Crippen LogP contribution in [0.4, 0.5) is 0 Å². The van der Waals surface area contributed by atoms with Gasteiger partial charge in [-0.15, -0.1) is 0 Å². The number of carbonyl (C=O) groups is 1. The molecule has 4 heteroatoms. The maximum Gasteiger partial charge on any atom is 0.338 e. The van der Waals surface area contributed by atoms with Gasteiger partial charge in [-0.25, -0.2) is 4.79 Å². The molecular weight excluding hydrogens is 272 g/mol. The molecule has 0 saturated carbocycles. The van der Waals surface area contributed by atoms with Crippen molar-refractivity contribution in [1.29, 1.82) is 0 Å². The SMILES string of the molecule is COC(=O)c1ccc(OCCCBr)cc1C. The lowest BCUT2D eigenvalue weighted by atomic mass is 10.1. The highest BCUT2D eigenvalue weighted by molar-refractivity contribution is 9.09. The lowest BCUT2D eigenvalue weighted by Gasteiger charge is -2.08. The molecule has 16 heavy (non-hydrogen) atoms. The molecule has 0 aromatic heterocycles. The molecule has 0 aliphatic carbocycles. The molecule has 0 atom stereocenters. The second-order valence-corrected chi connectivity index (χ2v) is 4.15. The van der Waals surface area contributed by atoms with Crippen molar-refractivity contribution >= 4 is 21.9 Å². The van der Waals surface area contributed by atoms with E-state index in [0.29, 0.717) is 12.2 Å². The van der Waals surface area contributed by atoms with Gasteiger partial charge in [-0.1, -0.05) is 15.9 Å². The van der Waals surface area contributed by atoms with E-state index in [2.05, 4.69) is 20.7 Å². The van der Waals surface area contributed by atoms with Crippen LogP contribution < -0.4 is 4.74 Å². The van der Waals surface area contributed by atoms with Crippen molar-refractivity contribution in [1.82, 2.24) is 0 Å². The molecule has 0 aliphatic heterocycles. The van der Waals surface area contributed by atoms with Crippen LogP contribution in [-0.4, -0.2) is 25.0 Å². The zero-order valence-electron chi connectivity index (χ0n) is 9.46. The van der Waals surface area contributed by atoms with Crippen molar-refractivity contribution in [3.8, 4) is 5.75 Å². The fraction of sp³-hybridized carbons (Fsp3) is 0.417. The summed E-state index contributed by atoms with van der Waals surface area (Å²) in [4.78, 5) is 11.3. The lowest BCUT2D eigenvalue weighted by molar-refractivity contribution is 0.0600. The summed E-state index contributed by atoms with van der Waals surface area (Å²) in [5.41, 5.74) is 1.44. The van der Waals surface area contributed by atoms with Gasteiger partial charge in [0.05, 0.1) is 19.3 Å². The first-order valence-corrected chi connectivity index (χ1v) is 6.19. The van der Waals surface area contributed by atoms with E-state index >= 15 is 0 Å². The Morgan fingerprint density at radius 1 is 1.44 bits per heavy atom. The molecule has 0 fully saturated rings. The van der Waals surface area contributed by atoms with E-state index in [1.807, 2.05) is 13.0 Å². The lowest BCUT2D eigenvalue weighted by Crippen LogP contribution is -2.04. The Hall–Kier alpha value is -1.03. The Labute approximate surface area is 104 Å². The van der Waals surface area contributed by atoms with E-state index in [4.69, 9.17) is 4.74 Å². The van der Waals surface area contributed by atoms with Gasteiger partial charge >= 0.3 is 5.97 Å². The highest BCUT2D eigenvalue weighted by atomic mass is 79.9. The maximum absolute atomic E-state index is 11.3. The number of hydrogen-bond donors (Lipinski definition) is 0. The van der Waals surface area contributed by atoms with Crippen LogP contribution in [0.3, 0.4) is 0 Å². The van der Waals surface area contributed by atoms with Gasteiger partial charge in [0.1, 0.15) is 5.75 Å². The average molecular weight is 287 g/mol. The summed E-state index contributed by atoms with van der Waals surface area (Å²) in [6.07, 6.45) is 0.956. The fourth-order valence-corrected chi connectivity index (χ4v) is 1.54. The molecule has 0 N–H and O–H groups in total. The van der Waals surface area contributed by atoms with Gasteiger partial charge in [-0.05, 0) is 37.1 Å². The van der Waals surface area contributed by atoms with Crippen LogP contribution in [0, 0.1) is 6.92 Å². The number of rotatable bonds is 5. The van der Waals surface area contributed by atoms with Crippen LogP contribution >= 0.6 is 15.9 Å². The molecule has 1 aromatic carbocycles. The second-order valence-electron chi connectivity index (χ2n) is 3.36. The van der Waals surface area contributed by atoms with Gasteiger partial charge in [0.15, 0.2) is 0 Å². The minimum atomic E-state index is -0.315. The summed E-state index contributed by atoms with van der Waals surface area (Å²) in [5, 5.41) is 0.923. The monoisotopic (exact) mass is 286 g/mol.